The van der Waals surface area contributed by atoms with Gasteiger partial charge in [0.05, 0.1) is 19.1 Å². The van der Waals surface area contributed by atoms with Gasteiger partial charge in [-0.15, -0.1) is 0 Å². The number of hydrogen-bond donors (Lipinski definition) is 1. The number of hydrogen-bond acceptors (Lipinski definition) is 7. The van der Waals surface area contributed by atoms with Crippen LogP contribution in [0.25, 0.3) is 0 Å². The smallest absolute Gasteiger partial charge is 0.433 e. The molecule has 1 aromatic carbocycles. The van der Waals surface area contributed by atoms with Crippen LogP contribution in [0.3, 0.4) is 0 Å². The Morgan fingerprint density at radius 3 is 1.82 bits per heavy atom. The molecule has 1 aromatic rings. The fourth-order valence-corrected chi connectivity index (χ4v) is 2.69. The van der Waals surface area contributed by atoms with Crippen LogP contribution in [0.4, 0.5) is 15.3 Å². The summed E-state index contributed by atoms with van der Waals surface area (Å²) in [4.78, 5) is 33.6. The number of carbonyl (C=O) groups excluding carboxylic acids is 3. The molecule has 0 atom stereocenters. The van der Waals surface area contributed by atoms with Crippen molar-refractivity contribution in [2.24, 2.45) is 0 Å². The molecule has 10 heteroatoms. The van der Waals surface area contributed by atoms with Crippen molar-refractivity contribution in [1.29, 1.82) is 0 Å². The number of nitrogens with one attached hydrogen (secondary N) is 1. The van der Waals surface area contributed by atoms with Gasteiger partial charge in [-0.1, -0.05) is 4.31 Å². The van der Waals surface area contributed by atoms with E-state index in [1.54, 1.807) is 0 Å². The molecule has 0 aliphatic heterocycles. The van der Waals surface area contributed by atoms with Crippen molar-refractivity contribution in [3.8, 4) is 0 Å². The average molecular weight is 330 g/mol. The fraction of sp³-hybridized carbons (Fsp3) is 0.250. The van der Waals surface area contributed by atoms with Gasteiger partial charge in [-0.3, -0.25) is 4.79 Å². The molecule has 0 heterocycles. The summed E-state index contributed by atoms with van der Waals surface area (Å²) in [5.74, 6) is -0.332. The number of benzene rings is 1. The first-order valence-electron chi connectivity index (χ1n) is 5.83. The van der Waals surface area contributed by atoms with Crippen molar-refractivity contribution in [3.05, 3.63) is 24.3 Å². The van der Waals surface area contributed by atoms with Crippen LogP contribution in [-0.2, 0) is 24.3 Å². The number of imide groups is 1. The molecule has 0 unspecified atom stereocenters. The SMILES string of the molecule is COC(=O)N(C(=O)OC)S(=O)(=O)c1ccc(NC(C)=O)cc1. The van der Waals surface area contributed by atoms with Crippen LogP contribution in [-0.4, -0.2) is 45.0 Å². The third-order valence-corrected chi connectivity index (χ3v) is 4.04. The zero-order chi connectivity index (χ0) is 16.9. The van der Waals surface area contributed by atoms with Crippen molar-refractivity contribution in [2.75, 3.05) is 19.5 Å². The van der Waals surface area contributed by atoms with E-state index < -0.39 is 22.2 Å². The Hall–Kier alpha value is -2.62. The molecule has 9 nitrogen and oxygen atoms in total. The summed E-state index contributed by atoms with van der Waals surface area (Å²) in [6.45, 7) is 1.29. The molecule has 120 valence electrons. The second-order valence-corrected chi connectivity index (χ2v) is 5.70. The number of anilines is 1. The summed E-state index contributed by atoms with van der Waals surface area (Å²) < 4.78 is 33.0. The van der Waals surface area contributed by atoms with E-state index in [1.807, 2.05) is 0 Å². The second kappa shape index (κ2) is 6.89. The summed E-state index contributed by atoms with van der Waals surface area (Å²) in [5.41, 5.74) is 0.356. The van der Waals surface area contributed by atoms with Gasteiger partial charge in [0.15, 0.2) is 0 Å². The van der Waals surface area contributed by atoms with Gasteiger partial charge >= 0.3 is 12.2 Å². The van der Waals surface area contributed by atoms with Gasteiger partial charge in [0, 0.05) is 12.6 Å². The van der Waals surface area contributed by atoms with Gasteiger partial charge in [0.2, 0.25) is 5.91 Å². The zero-order valence-electron chi connectivity index (χ0n) is 12.0. The minimum Gasteiger partial charge on any atom is -0.452 e. The normalized spacial score (nSPS) is 10.5. The second-order valence-electron chi connectivity index (χ2n) is 3.92. The maximum Gasteiger partial charge on any atom is 0.433 e. The summed E-state index contributed by atoms with van der Waals surface area (Å²) in [7, 11) is -2.65. The van der Waals surface area contributed by atoms with Crippen LogP contribution < -0.4 is 5.32 Å². The predicted octanol–water partition coefficient (Wildman–Crippen LogP) is 1.17. The summed E-state index contributed by atoms with van der Waals surface area (Å²) in [6, 6.07) is 4.86. The highest BCUT2D eigenvalue weighted by Crippen LogP contribution is 2.20. The molecular formula is C12H14N2O7S. The van der Waals surface area contributed by atoms with Crippen LogP contribution in [0.1, 0.15) is 6.92 Å². The first kappa shape index (κ1) is 17.4. The molecule has 0 fully saturated rings. The number of ether oxygens (including phenoxy) is 2. The van der Waals surface area contributed by atoms with Crippen LogP contribution in [0.2, 0.25) is 0 Å². The first-order valence-corrected chi connectivity index (χ1v) is 7.27. The topological polar surface area (TPSA) is 119 Å². The largest absolute Gasteiger partial charge is 0.452 e. The standard InChI is InChI=1S/C12H14N2O7S/c1-8(15)13-9-4-6-10(7-5-9)22(18,19)14(11(16)20-2)12(17)21-3/h4-7H,1-3H3,(H,13,15). The van der Waals surface area contributed by atoms with Gasteiger partial charge in [-0.25, -0.2) is 18.0 Å². The Labute approximate surface area is 126 Å². The highest BCUT2D eigenvalue weighted by molar-refractivity contribution is 7.90. The lowest BCUT2D eigenvalue weighted by Gasteiger charge is -2.17. The van der Waals surface area contributed by atoms with Crippen LogP contribution in [0.15, 0.2) is 29.2 Å². The molecule has 0 saturated heterocycles. The molecule has 0 saturated carbocycles. The Kier molecular flexibility index (Phi) is 5.46. The summed E-state index contributed by atoms with van der Waals surface area (Å²) >= 11 is 0. The average Bonchev–Trinajstić information content (AvgIpc) is 2.46. The number of methoxy groups -OCH3 is 2. The van der Waals surface area contributed by atoms with Crippen molar-refractivity contribution in [2.45, 2.75) is 11.8 Å². The number of sulfonamides is 1. The number of carbonyl (C=O) groups is 3. The maximum atomic E-state index is 12.3. The molecule has 0 aliphatic carbocycles. The van der Waals surface area contributed by atoms with Gasteiger partial charge in [0.1, 0.15) is 0 Å². The van der Waals surface area contributed by atoms with E-state index in [9.17, 15) is 22.8 Å². The zero-order valence-corrected chi connectivity index (χ0v) is 12.8. The minimum atomic E-state index is -4.50. The number of nitrogens with zero attached hydrogens (tertiary/aromatic N) is 1. The van der Waals surface area contributed by atoms with Gasteiger partial charge in [0.25, 0.3) is 10.0 Å². The lowest BCUT2D eigenvalue weighted by molar-refractivity contribution is -0.114. The van der Waals surface area contributed by atoms with E-state index in [1.165, 1.54) is 19.1 Å². The molecule has 3 amide bonds. The Balaban J connectivity index is 3.22. The lowest BCUT2D eigenvalue weighted by Crippen LogP contribution is -2.41. The Morgan fingerprint density at radius 1 is 1.00 bits per heavy atom. The van der Waals surface area contributed by atoms with E-state index in [4.69, 9.17) is 0 Å². The van der Waals surface area contributed by atoms with Gasteiger partial charge in [-0.05, 0) is 24.3 Å². The molecule has 0 aliphatic rings. The third-order valence-electron chi connectivity index (χ3n) is 2.39. The molecule has 1 N–H and O–H groups in total. The fourth-order valence-electron chi connectivity index (χ4n) is 1.46. The van der Waals surface area contributed by atoms with Crippen LogP contribution in [0, 0.1) is 0 Å². The van der Waals surface area contributed by atoms with Crippen molar-refractivity contribution >= 4 is 33.8 Å². The summed E-state index contributed by atoms with van der Waals surface area (Å²) in [6.07, 6.45) is -2.81. The quantitative estimate of drug-likeness (QED) is 0.883. The molecule has 0 bridgehead atoms. The van der Waals surface area contributed by atoms with Gasteiger partial charge < -0.3 is 14.8 Å². The molecule has 0 aromatic heterocycles. The van der Waals surface area contributed by atoms with E-state index in [0.29, 0.717) is 5.69 Å². The van der Waals surface area contributed by atoms with E-state index in [-0.39, 0.29) is 15.1 Å². The molecular weight excluding hydrogens is 316 g/mol. The molecule has 22 heavy (non-hydrogen) atoms. The summed E-state index contributed by atoms with van der Waals surface area (Å²) in [5, 5.41) is 2.45. The number of amides is 3. The lowest BCUT2D eigenvalue weighted by atomic mass is 10.3. The van der Waals surface area contributed by atoms with Crippen molar-refractivity contribution < 1.29 is 32.3 Å². The first-order chi connectivity index (χ1) is 10.2. The van der Waals surface area contributed by atoms with Crippen molar-refractivity contribution in [1.82, 2.24) is 4.31 Å². The van der Waals surface area contributed by atoms with Crippen LogP contribution >= 0.6 is 0 Å². The third kappa shape index (κ3) is 3.73. The molecule has 0 spiro atoms. The van der Waals surface area contributed by atoms with Gasteiger partial charge in [-0.2, -0.15) is 0 Å². The Morgan fingerprint density at radius 2 is 1.45 bits per heavy atom. The maximum absolute atomic E-state index is 12.3. The monoisotopic (exact) mass is 330 g/mol. The van der Waals surface area contributed by atoms with E-state index in [2.05, 4.69) is 14.8 Å². The predicted molar refractivity (Wildman–Crippen MR) is 74.6 cm³/mol. The molecule has 1 rings (SSSR count). The van der Waals surface area contributed by atoms with Crippen LogP contribution in [0.5, 0.6) is 0 Å². The van der Waals surface area contributed by atoms with E-state index >= 15 is 0 Å². The minimum absolute atomic E-state index is 0.138. The highest BCUT2D eigenvalue weighted by atomic mass is 32.2. The molecule has 0 radical (unpaired) electrons. The van der Waals surface area contributed by atoms with Crippen molar-refractivity contribution in [3.63, 3.8) is 0 Å². The number of rotatable bonds is 3. The Bertz CT molecular complexity index is 666. The highest BCUT2D eigenvalue weighted by Gasteiger charge is 2.37. The van der Waals surface area contributed by atoms with E-state index in [0.717, 1.165) is 26.4 Å².